The van der Waals surface area contributed by atoms with E-state index in [9.17, 15) is 9.59 Å². The molecule has 3 N–H and O–H groups in total. The number of esters is 1. The van der Waals surface area contributed by atoms with Crippen LogP contribution in [0.4, 0.5) is 4.79 Å². The Kier molecular flexibility index (Phi) is 7.62. The fourth-order valence-corrected chi connectivity index (χ4v) is 1.20. The molecule has 0 aromatic heterocycles. The van der Waals surface area contributed by atoms with Gasteiger partial charge in [-0.2, -0.15) is 16.9 Å². The summed E-state index contributed by atoms with van der Waals surface area (Å²) in [6.07, 6.45) is 1.88. The molecule has 14 heavy (non-hydrogen) atoms. The Labute approximate surface area is 86.2 Å². The number of hydrazone groups is 1. The zero-order chi connectivity index (χ0) is 10.8. The minimum absolute atomic E-state index is 0.232. The van der Waals surface area contributed by atoms with Crippen molar-refractivity contribution in [1.82, 2.24) is 5.43 Å². The van der Waals surface area contributed by atoms with E-state index in [1.165, 1.54) is 25.1 Å². The summed E-state index contributed by atoms with van der Waals surface area (Å²) in [6.45, 7) is 0. The number of thioether (sulfide) groups is 1. The maximum atomic E-state index is 10.6. The van der Waals surface area contributed by atoms with Gasteiger partial charge in [-0.25, -0.2) is 10.2 Å². The van der Waals surface area contributed by atoms with E-state index < -0.39 is 6.03 Å². The monoisotopic (exact) mass is 219 g/mol. The zero-order valence-electron chi connectivity index (χ0n) is 7.86. The molecule has 0 radical (unpaired) electrons. The number of nitrogens with one attached hydrogen (secondary N) is 1. The summed E-state index contributed by atoms with van der Waals surface area (Å²) in [5, 5.41) is 3.52. The number of nitrogens with two attached hydrogens (primary N) is 1. The quantitative estimate of drug-likeness (QED) is 0.283. The number of hydrogen-bond donors (Lipinski definition) is 2. The van der Waals surface area contributed by atoms with Crippen molar-refractivity contribution in [2.45, 2.75) is 6.42 Å². The molecule has 2 amide bonds. The van der Waals surface area contributed by atoms with Crippen LogP contribution in [0, 0.1) is 0 Å². The number of carbonyl (C=O) groups excluding carboxylic acids is 2. The molecule has 6 nitrogen and oxygen atoms in total. The van der Waals surface area contributed by atoms with Gasteiger partial charge in [0.1, 0.15) is 0 Å². The molecule has 80 valence electrons. The van der Waals surface area contributed by atoms with Gasteiger partial charge in [0.25, 0.3) is 0 Å². The maximum absolute atomic E-state index is 10.6. The van der Waals surface area contributed by atoms with E-state index in [2.05, 4.69) is 15.3 Å². The van der Waals surface area contributed by atoms with E-state index in [1.807, 2.05) is 0 Å². The molecule has 7 heteroatoms. The summed E-state index contributed by atoms with van der Waals surface area (Å²) in [4.78, 5) is 20.8. The molecule has 0 bridgehead atoms. The second-order valence-corrected chi connectivity index (χ2v) is 3.34. The van der Waals surface area contributed by atoms with Gasteiger partial charge in [0.2, 0.25) is 0 Å². The van der Waals surface area contributed by atoms with Gasteiger partial charge in [-0.15, -0.1) is 0 Å². The standard InChI is InChI=1S/C7H13N3O3S/c1-13-6(11)2-4-14-5-3-9-10-7(8)12/h3H,2,4-5H2,1H3,(H3,8,10,12)/b9-3+. The van der Waals surface area contributed by atoms with Gasteiger partial charge in [0, 0.05) is 17.7 Å². The van der Waals surface area contributed by atoms with E-state index in [0.29, 0.717) is 17.9 Å². The van der Waals surface area contributed by atoms with Crippen molar-refractivity contribution in [3.05, 3.63) is 0 Å². The normalized spacial score (nSPS) is 10.1. The van der Waals surface area contributed by atoms with E-state index in [-0.39, 0.29) is 5.97 Å². The highest BCUT2D eigenvalue weighted by Gasteiger charge is 1.97. The highest BCUT2D eigenvalue weighted by atomic mass is 32.2. The van der Waals surface area contributed by atoms with Gasteiger partial charge in [0.15, 0.2) is 0 Å². The summed E-state index contributed by atoms with van der Waals surface area (Å²) in [5.41, 5.74) is 6.82. The van der Waals surface area contributed by atoms with Crippen LogP contribution in [0.5, 0.6) is 0 Å². The van der Waals surface area contributed by atoms with E-state index in [0.717, 1.165) is 0 Å². The lowest BCUT2D eigenvalue weighted by Gasteiger charge is -1.96. The Balaban J connectivity index is 3.25. The Morgan fingerprint density at radius 3 is 2.93 bits per heavy atom. The van der Waals surface area contributed by atoms with Crippen LogP contribution in [-0.4, -0.2) is 36.8 Å². The molecular formula is C7H13N3O3S. The summed E-state index contributed by atoms with van der Waals surface area (Å²) in [6, 6.07) is -0.694. The first-order chi connectivity index (χ1) is 6.66. The first kappa shape index (κ1) is 12.8. The Morgan fingerprint density at radius 1 is 1.64 bits per heavy atom. The van der Waals surface area contributed by atoms with Gasteiger partial charge < -0.3 is 10.5 Å². The van der Waals surface area contributed by atoms with Crippen LogP contribution in [0.3, 0.4) is 0 Å². The number of methoxy groups -OCH3 is 1. The number of rotatable bonds is 6. The van der Waals surface area contributed by atoms with Crippen LogP contribution in [0.2, 0.25) is 0 Å². The van der Waals surface area contributed by atoms with Crippen LogP contribution >= 0.6 is 11.8 Å². The topological polar surface area (TPSA) is 93.8 Å². The molecule has 0 aliphatic carbocycles. The van der Waals surface area contributed by atoms with E-state index in [1.54, 1.807) is 0 Å². The Bertz CT molecular complexity index is 220. The number of carbonyl (C=O) groups is 2. The van der Waals surface area contributed by atoms with Gasteiger partial charge in [-0.3, -0.25) is 4.79 Å². The molecule has 0 heterocycles. The van der Waals surface area contributed by atoms with Crippen molar-refractivity contribution in [3.63, 3.8) is 0 Å². The van der Waals surface area contributed by atoms with Crippen molar-refractivity contribution in [2.75, 3.05) is 18.6 Å². The van der Waals surface area contributed by atoms with Crippen molar-refractivity contribution in [1.29, 1.82) is 0 Å². The Hall–Kier alpha value is -1.24. The van der Waals surface area contributed by atoms with Crippen LogP contribution in [-0.2, 0) is 9.53 Å². The average molecular weight is 219 g/mol. The molecule has 0 aliphatic rings. The van der Waals surface area contributed by atoms with Gasteiger partial charge in [-0.05, 0) is 0 Å². The van der Waals surface area contributed by atoms with Crippen LogP contribution in [0.15, 0.2) is 5.10 Å². The fourth-order valence-electron chi connectivity index (χ4n) is 0.540. The number of nitrogens with zero attached hydrogens (tertiary/aromatic N) is 1. The fraction of sp³-hybridized carbons (Fsp3) is 0.571. The zero-order valence-corrected chi connectivity index (χ0v) is 8.67. The van der Waals surface area contributed by atoms with E-state index in [4.69, 9.17) is 5.73 Å². The van der Waals surface area contributed by atoms with Crippen molar-refractivity contribution < 1.29 is 14.3 Å². The summed E-state index contributed by atoms with van der Waals surface area (Å²) in [5.74, 6) is 1.04. The first-order valence-corrected chi connectivity index (χ1v) is 5.03. The van der Waals surface area contributed by atoms with Crippen LogP contribution < -0.4 is 11.2 Å². The lowest BCUT2D eigenvalue weighted by Crippen LogP contribution is -2.24. The van der Waals surface area contributed by atoms with E-state index >= 15 is 0 Å². The molecule has 0 aromatic carbocycles. The summed E-state index contributed by atoms with van der Waals surface area (Å²) < 4.78 is 4.45. The SMILES string of the molecule is COC(=O)CCSC/C=N/NC(N)=O. The molecule has 0 rings (SSSR count). The third kappa shape index (κ3) is 8.85. The highest BCUT2D eigenvalue weighted by molar-refractivity contribution is 7.99. The molecule has 0 aliphatic heterocycles. The molecule has 0 unspecified atom stereocenters. The van der Waals surface area contributed by atoms with Crippen LogP contribution in [0.25, 0.3) is 0 Å². The Morgan fingerprint density at radius 2 is 2.36 bits per heavy atom. The maximum Gasteiger partial charge on any atom is 0.332 e. The summed E-state index contributed by atoms with van der Waals surface area (Å²) >= 11 is 1.51. The van der Waals surface area contributed by atoms with Crippen molar-refractivity contribution in [3.8, 4) is 0 Å². The predicted molar refractivity (Wildman–Crippen MR) is 55.2 cm³/mol. The van der Waals surface area contributed by atoms with Gasteiger partial charge in [0.05, 0.1) is 13.5 Å². The number of urea groups is 1. The second-order valence-electron chi connectivity index (χ2n) is 2.19. The predicted octanol–water partition coefficient (Wildman–Crippen LogP) is -0.0632. The lowest BCUT2D eigenvalue weighted by molar-refractivity contribution is -0.140. The molecule has 0 fully saturated rings. The second kappa shape index (κ2) is 8.36. The largest absolute Gasteiger partial charge is 0.469 e. The minimum atomic E-state index is -0.694. The smallest absolute Gasteiger partial charge is 0.332 e. The molecule has 0 saturated carbocycles. The van der Waals surface area contributed by atoms with Gasteiger partial charge >= 0.3 is 12.0 Å². The third-order valence-corrected chi connectivity index (χ3v) is 2.01. The third-order valence-electron chi connectivity index (χ3n) is 1.14. The van der Waals surface area contributed by atoms with Gasteiger partial charge in [-0.1, -0.05) is 0 Å². The molecular weight excluding hydrogens is 206 g/mol. The minimum Gasteiger partial charge on any atom is -0.469 e. The van der Waals surface area contributed by atoms with Crippen molar-refractivity contribution in [2.24, 2.45) is 10.8 Å². The van der Waals surface area contributed by atoms with Crippen molar-refractivity contribution >= 4 is 30.0 Å². The molecule has 0 atom stereocenters. The summed E-state index contributed by atoms with van der Waals surface area (Å²) in [7, 11) is 1.35. The number of ether oxygens (including phenoxy) is 1. The number of primary amides is 1. The highest BCUT2D eigenvalue weighted by Crippen LogP contribution is 2.00. The van der Waals surface area contributed by atoms with Crippen LogP contribution in [0.1, 0.15) is 6.42 Å². The first-order valence-electron chi connectivity index (χ1n) is 3.88. The number of amides is 2. The molecule has 0 aromatic rings. The number of hydrogen-bond acceptors (Lipinski definition) is 5. The molecule has 0 spiro atoms. The molecule has 0 saturated heterocycles. The average Bonchev–Trinajstić information content (AvgIpc) is 2.15. The lowest BCUT2D eigenvalue weighted by atomic mass is 10.5.